The van der Waals surface area contributed by atoms with Crippen LogP contribution >= 0.6 is 0 Å². The van der Waals surface area contributed by atoms with Crippen LogP contribution in [0.3, 0.4) is 0 Å². The van der Waals surface area contributed by atoms with Gasteiger partial charge in [0.05, 0.1) is 11.3 Å². The van der Waals surface area contributed by atoms with Crippen LogP contribution in [0.25, 0.3) is 11.3 Å². The Labute approximate surface area is 175 Å². The molecule has 0 bridgehead atoms. The molecule has 0 aliphatic rings. The monoisotopic (exact) mass is 453 g/mol. The summed E-state index contributed by atoms with van der Waals surface area (Å²) in [6.45, 7) is 3.53. The molecule has 3 rings (SSSR count). The summed E-state index contributed by atoms with van der Waals surface area (Å²) in [5, 5.41) is -0.648. The van der Waals surface area contributed by atoms with Gasteiger partial charge >= 0.3 is 6.18 Å². The van der Waals surface area contributed by atoms with Crippen molar-refractivity contribution in [1.82, 2.24) is 9.97 Å². The lowest BCUT2D eigenvalue weighted by atomic mass is 10.0. The number of nitrogens with one attached hydrogen (secondary N) is 1. The minimum absolute atomic E-state index is 0.00148. The van der Waals surface area contributed by atoms with E-state index in [-0.39, 0.29) is 17.9 Å². The number of hydrogen-bond donors (Lipinski definition) is 1. The predicted octanol–water partition coefficient (Wildman–Crippen LogP) is 4.67. The van der Waals surface area contributed by atoms with Crippen LogP contribution in [0.2, 0.25) is 0 Å². The number of benzene rings is 1. The largest absolute Gasteiger partial charge is 0.489 e. The Bertz CT molecular complexity index is 1210. The minimum Gasteiger partial charge on any atom is -0.489 e. The number of pyridine rings is 2. The van der Waals surface area contributed by atoms with E-state index in [1.165, 1.54) is 24.3 Å². The molecule has 0 fully saturated rings. The van der Waals surface area contributed by atoms with E-state index in [0.29, 0.717) is 6.07 Å². The van der Waals surface area contributed by atoms with Crippen LogP contribution in [0.5, 0.6) is 5.75 Å². The third-order valence-electron chi connectivity index (χ3n) is 3.90. The van der Waals surface area contributed by atoms with Gasteiger partial charge in [-0.1, -0.05) is 30.9 Å². The number of nitrogens with zero attached hydrogens (tertiary/aromatic N) is 2. The highest BCUT2D eigenvalue weighted by Gasteiger charge is 2.35. The number of ether oxygens (including phenoxy) is 1. The van der Waals surface area contributed by atoms with E-state index in [1.54, 1.807) is 6.07 Å². The highest BCUT2D eigenvalue weighted by Crippen LogP contribution is 2.40. The Morgan fingerprint density at radius 1 is 1.03 bits per heavy atom. The number of aromatic nitrogens is 2. The molecule has 0 amide bonds. The van der Waals surface area contributed by atoms with Gasteiger partial charge in [0.1, 0.15) is 18.2 Å². The second-order valence-corrected chi connectivity index (χ2v) is 7.72. The normalized spacial score (nSPS) is 11.7. The van der Waals surface area contributed by atoms with Crippen molar-refractivity contribution in [1.29, 1.82) is 0 Å². The second-order valence-electron chi connectivity index (χ2n) is 6.09. The van der Waals surface area contributed by atoms with Crippen molar-refractivity contribution in [3.63, 3.8) is 0 Å². The van der Waals surface area contributed by atoms with Gasteiger partial charge < -0.3 is 4.74 Å². The Morgan fingerprint density at radius 2 is 1.77 bits per heavy atom. The summed E-state index contributed by atoms with van der Waals surface area (Å²) < 4.78 is 86.5. The van der Waals surface area contributed by atoms with Gasteiger partial charge in [0.25, 0.3) is 10.0 Å². The first-order valence-electron chi connectivity index (χ1n) is 8.68. The van der Waals surface area contributed by atoms with Gasteiger partial charge in [-0.3, -0.25) is 4.72 Å². The van der Waals surface area contributed by atoms with Gasteiger partial charge in [-0.25, -0.2) is 9.97 Å². The fourth-order valence-electron chi connectivity index (χ4n) is 2.62. The maximum Gasteiger partial charge on any atom is 0.418 e. The van der Waals surface area contributed by atoms with Crippen molar-refractivity contribution < 1.29 is 30.7 Å². The van der Waals surface area contributed by atoms with Crippen LogP contribution in [-0.2, 0) is 16.2 Å². The quantitative estimate of drug-likeness (QED) is 0.320. The molecule has 0 saturated carbocycles. The first-order chi connectivity index (χ1) is 14.6. The molecule has 0 atom stereocenters. The van der Waals surface area contributed by atoms with Crippen molar-refractivity contribution in [3.05, 3.63) is 78.8 Å². The van der Waals surface area contributed by atoms with E-state index in [1.807, 2.05) is 4.72 Å². The maximum absolute atomic E-state index is 13.6. The van der Waals surface area contributed by atoms with Gasteiger partial charge in [0.2, 0.25) is 5.95 Å². The van der Waals surface area contributed by atoms with Crippen LogP contribution in [0.1, 0.15) is 5.56 Å². The molecule has 11 heteroatoms. The van der Waals surface area contributed by atoms with Crippen LogP contribution in [-0.4, -0.2) is 25.0 Å². The number of para-hydroxylation sites is 1. The molecule has 162 valence electrons. The minimum atomic E-state index is -4.77. The molecule has 0 aliphatic carbocycles. The summed E-state index contributed by atoms with van der Waals surface area (Å²) in [7, 11) is -4.40. The number of sulfonamides is 1. The third kappa shape index (κ3) is 5.18. The summed E-state index contributed by atoms with van der Waals surface area (Å²) in [4.78, 5) is 7.15. The fourth-order valence-corrected chi connectivity index (χ4v) is 3.57. The van der Waals surface area contributed by atoms with Crippen molar-refractivity contribution >= 4 is 15.8 Å². The summed E-state index contributed by atoms with van der Waals surface area (Å²) in [5.41, 5.74) is -1.63. The number of anilines is 1. The molecule has 1 N–H and O–H groups in total. The molecule has 2 heterocycles. The summed E-state index contributed by atoms with van der Waals surface area (Å²) in [6.07, 6.45) is -3.35. The molecular formula is C20H15F4N3O3S. The summed E-state index contributed by atoms with van der Waals surface area (Å²) >= 11 is 0. The average Bonchev–Trinajstić information content (AvgIpc) is 2.71. The van der Waals surface area contributed by atoms with Crippen LogP contribution < -0.4 is 9.46 Å². The zero-order valence-electron chi connectivity index (χ0n) is 15.7. The Hall–Kier alpha value is -3.47. The van der Waals surface area contributed by atoms with Crippen molar-refractivity contribution in [2.24, 2.45) is 0 Å². The first-order valence-corrected chi connectivity index (χ1v) is 10.2. The van der Waals surface area contributed by atoms with Gasteiger partial charge in [0, 0.05) is 5.56 Å². The number of alkyl halides is 3. The average molecular weight is 453 g/mol. The first kappa shape index (κ1) is 22.2. The van der Waals surface area contributed by atoms with E-state index in [9.17, 15) is 26.0 Å². The predicted molar refractivity (Wildman–Crippen MR) is 105 cm³/mol. The SMILES string of the molecule is C=CCOc1ccccc1-c1nc(NS(=O)(=O)c2cccc(F)n2)ccc1C(F)(F)F. The fraction of sp³-hybridized carbons (Fsp3) is 0.100. The molecule has 6 nitrogen and oxygen atoms in total. The van der Waals surface area contributed by atoms with Crippen LogP contribution in [0.15, 0.2) is 72.3 Å². The summed E-state index contributed by atoms with van der Waals surface area (Å²) in [6, 6.07) is 10.6. The zero-order valence-corrected chi connectivity index (χ0v) is 16.5. The van der Waals surface area contributed by atoms with Crippen molar-refractivity contribution in [2.45, 2.75) is 11.2 Å². The zero-order chi connectivity index (χ0) is 22.6. The van der Waals surface area contributed by atoms with Gasteiger partial charge in [-0.2, -0.15) is 26.0 Å². The lowest BCUT2D eigenvalue weighted by molar-refractivity contribution is -0.137. The van der Waals surface area contributed by atoms with Gasteiger partial charge in [-0.15, -0.1) is 0 Å². The molecule has 3 aromatic rings. The maximum atomic E-state index is 13.6. The van der Waals surface area contributed by atoms with Gasteiger partial charge in [-0.05, 0) is 36.4 Å². The topological polar surface area (TPSA) is 81.2 Å². The molecule has 0 unspecified atom stereocenters. The lowest BCUT2D eigenvalue weighted by Gasteiger charge is -2.16. The molecule has 31 heavy (non-hydrogen) atoms. The van der Waals surface area contributed by atoms with Crippen LogP contribution in [0.4, 0.5) is 23.4 Å². The molecule has 2 aromatic heterocycles. The summed E-state index contributed by atoms with van der Waals surface area (Å²) in [5.74, 6) is -1.34. The Balaban J connectivity index is 2.10. The standard InChI is InChI=1S/C20H15F4N3O3S/c1-2-12-30-15-7-4-3-6-13(15)19-14(20(22,23)24)10-11-17(26-19)27-31(28,29)18-9-5-8-16(21)25-18/h2-11H,1,12H2,(H,26,27). The molecular weight excluding hydrogens is 438 g/mol. The molecule has 0 spiro atoms. The van der Waals surface area contributed by atoms with E-state index in [0.717, 1.165) is 24.3 Å². The Morgan fingerprint density at radius 3 is 2.45 bits per heavy atom. The molecule has 0 saturated heterocycles. The van der Waals surface area contributed by atoms with Crippen molar-refractivity contribution in [3.8, 4) is 17.0 Å². The number of halogens is 4. The van der Waals surface area contributed by atoms with Crippen molar-refractivity contribution in [2.75, 3.05) is 11.3 Å². The van der Waals surface area contributed by atoms with Gasteiger partial charge in [0.15, 0.2) is 5.03 Å². The van der Waals surface area contributed by atoms with E-state index >= 15 is 0 Å². The van der Waals surface area contributed by atoms with E-state index in [2.05, 4.69) is 16.5 Å². The smallest absolute Gasteiger partial charge is 0.418 e. The number of rotatable bonds is 7. The highest BCUT2D eigenvalue weighted by atomic mass is 32.2. The third-order valence-corrected chi connectivity index (χ3v) is 5.16. The molecule has 0 aliphatic heterocycles. The second kappa shape index (κ2) is 8.72. The molecule has 0 radical (unpaired) electrons. The van der Waals surface area contributed by atoms with Crippen LogP contribution in [0, 0.1) is 5.95 Å². The highest BCUT2D eigenvalue weighted by molar-refractivity contribution is 7.92. The number of hydrogen-bond acceptors (Lipinski definition) is 5. The van der Waals surface area contributed by atoms with E-state index in [4.69, 9.17) is 4.74 Å². The molecule has 1 aromatic carbocycles. The lowest BCUT2D eigenvalue weighted by Crippen LogP contribution is -2.17. The Kier molecular flexibility index (Phi) is 6.25. The van der Waals surface area contributed by atoms with E-state index < -0.39 is 44.2 Å².